The van der Waals surface area contributed by atoms with E-state index >= 15 is 0 Å². The molecule has 0 amide bonds. The third-order valence-electron chi connectivity index (χ3n) is 7.53. The number of ether oxygens (including phenoxy) is 1. The van der Waals surface area contributed by atoms with Crippen molar-refractivity contribution < 1.29 is 9.53 Å². The molecule has 0 radical (unpaired) electrons. The van der Waals surface area contributed by atoms with E-state index in [9.17, 15) is 4.79 Å². The van der Waals surface area contributed by atoms with Gasteiger partial charge in [-0.15, -0.1) is 0 Å². The number of hydrogen-bond donors (Lipinski definition) is 0. The zero-order valence-electron chi connectivity index (χ0n) is 18.4. The first-order valence-corrected chi connectivity index (χ1v) is 11.7. The molecule has 0 aliphatic heterocycles. The lowest BCUT2D eigenvalue weighted by Gasteiger charge is -2.15. The number of benzene rings is 1. The highest BCUT2D eigenvalue weighted by Crippen LogP contribution is 2.49. The Kier molecular flexibility index (Phi) is 7.23. The van der Waals surface area contributed by atoms with Gasteiger partial charge in [0.15, 0.2) is 0 Å². The minimum atomic E-state index is -0.0903. The van der Waals surface area contributed by atoms with Gasteiger partial charge in [-0.1, -0.05) is 38.3 Å². The van der Waals surface area contributed by atoms with Crippen molar-refractivity contribution in [3.8, 4) is 0 Å². The van der Waals surface area contributed by atoms with Gasteiger partial charge in [-0.3, -0.25) is 4.79 Å². The number of unbranched alkanes of at least 4 members (excludes halogenated alkanes) is 4. The fraction of sp³-hybridized carbons (Fsp3) is 0.731. The van der Waals surface area contributed by atoms with Crippen LogP contribution in [0.4, 0.5) is 0 Å². The average Bonchev–Trinajstić information content (AvgIpc) is 3.59. The highest BCUT2D eigenvalue weighted by atomic mass is 16.5. The zero-order valence-corrected chi connectivity index (χ0v) is 18.4. The molecule has 3 rings (SSSR count). The van der Waals surface area contributed by atoms with Crippen LogP contribution in [0.5, 0.6) is 0 Å². The summed E-state index contributed by atoms with van der Waals surface area (Å²) in [6, 6.07) is 4.74. The number of carbonyl (C=O) groups excluding carboxylic acids is 1. The fourth-order valence-electron chi connectivity index (χ4n) is 4.59. The molecule has 28 heavy (non-hydrogen) atoms. The second-order valence-electron chi connectivity index (χ2n) is 9.96. The van der Waals surface area contributed by atoms with Crippen molar-refractivity contribution in [2.45, 2.75) is 116 Å². The van der Waals surface area contributed by atoms with E-state index in [1.807, 2.05) is 0 Å². The van der Waals surface area contributed by atoms with Gasteiger partial charge in [0.25, 0.3) is 6.47 Å². The molecule has 0 spiro atoms. The van der Waals surface area contributed by atoms with Gasteiger partial charge in [0.1, 0.15) is 5.60 Å². The summed E-state index contributed by atoms with van der Waals surface area (Å²) in [6.45, 7) is 7.68. The van der Waals surface area contributed by atoms with Crippen LogP contribution in [-0.4, -0.2) is 12.1 Å². The Morgan fingerprint density at radius 3 is 1.89 bits per heavy atom. The lowest BCUT2D eigenvalue weighted by Crippen LogP contribution is -2.12. The Hall–Kier alpha value is -1.31. The van der Waals surface area contributed by atoms with E-state index in [4.69, 9.17) is 4.74 Å². The summed E-state index contributed by atoms with van der Waals surface area (Å²) in [6.07, 6.45) is 17.7. The van der Waals surface area contributed by atoms with Crippen LogP contribution in [0, 0.1) is 19.3 Å². The molecular formula is C26H40O2. The third kappa shape index (κ3) is 6.09. The van der Waals surface area contributed by atoms with Crippen molar-refractivity contribution in [2.24, 2.45) is 5.41 Å². The molecule has 2 aliphatic rings. The van der Waals surface area contributed by atoms with Crippen molar-refractivity contribution in [3.63, 3.8) is 0 Å². The first kappa shape index (κ1) is 21.4. The van der Waals surface area contributed by atoms with Crippen molar-refractivity contribution in [1.29, 1.82) is 0 Å². The molecule has 0 unspecified atom stereocenters. The second-order valence-corrected chi connectivity index (χ2v) is 9.96. The summed E-state index contributed by atoms with van der Waals surface area (Å²) >= 11 is 0. The average molecular weight is 385 g/mol. The fourth-order valence-corrected chi connectivity index (χ4v) is 4.59. The Labute approximate surface area is 172 Å². The number of hydrogen-bond acceptors (Lipinski definition) is 2. The van der Waals surface area contributed by atoms with E-state index in [0.717, 1.165) is 37.5 Å². The zero-order chi connectivity index (χ0) is 20.0. The van der Waals surface area contributed by atoms with E-state index in [-0.39, 0.29) is 5.60 Å². The van der Waals surface area contributed by atoms with Crippen LogP contribution >= 0.6 is 0 Å². The first-order chi connectivity index (χ1) is 13.5. The van der Waals surface area contributed by atoms with Crippen LogP contribution in [0.1, 0.15) is 106 Å². The molecule has 1 aromatic carbocycles. The van der Waals surface area contributed by atoms with Gasteiger partial charge in [-0.2, -0.15) is 0 Å². The second kappa shape index (κ2) is 9.46. The van der Waals surface area contributed by atoms with Gasteiger partial charge < -0.3 is 4.74 Å². The van der Waals surface area contributed by atoms with Crippen LogP contribution in [0.15, 0.2) is 12.1 Å². The molecule has 0 heterocycles. The maximum Gasteiger partial charge on any atom is 0.293 e. The monoisotopic (exact) mass is 384 g/mol. The number of rotatable bonds is 14. The quantitative estimate of drug-likeness (QED) is 0.254. The molecule has 2 aliphatic carbocycles. The standard InChI is InChI=1S/C26H40O2/c1-21-22(2)24(11-7-9-15-26(18-19-26)28-20-27)13-12-23(21)10-6-4-5-8-14-25(3)16-17-25/h12-13,20H,4-11,14-19H2,1-3H3. The summed E-state index contributed by atoms with van der Waals surface area (Å²) in [5.74, 6) is 0. The number of carbonyl (C=O) groups is 1. The Morgan fingerprint density at radius 1 is 0.821 bits per heavy atom. The molecule has 2 nitrogen and oxygen atoms in total. The maximum absolute atomic E-state index is 10.6. The van der Waals surface area contributed by atoms with Crippen LogP contribution < -0.4 is 0 Å². The molecule has 156 valence electrons. The molecule has 1 aromatic rings. The Bertz CT molecular complexity index is 653. The third-order valence-corrected chi connectivity index (χ3v) is 7.53. The summed E-state index contributed by atoms with van der Waals surface area (Å²) < 4.78 is 5.25. The van der Waals surface area contributed by atoms with E-state index in [1.54, 1.807) is 5.56 Å². The Balaban J connectivity index is 1.35. The summed E-state index contributed by atoms with van der Waals surface area (Å²) in [7, 11) is 0. The SMILES string of the molecule is Cc1c(CCCCCCC2(C)CC2)ccc(CCCCC2(OC=O)CC2)c1C. The van der Waals surface area contributed by atoms with E-state index in [0.29, 0.717) is 6.47 Å². The molecule has 0 bridgehead atoms. The Morgan fingerprint density at radius 2 is 1.36 bits per heavy atom. The minimum Gasteiger partial charge on any atom is -0.461 e. The van der Waals surface area contributed by atoms with Crippen LogP contribution in [0.3, 0.4) is 0 Å². The first-order valence-electron chi connectivity index (χ1n) is 11.7. The van der Waals surface area contributed by atoms with Gasteiger partial charge in [0.2, 0.25) is 0 Å². The van der Waals surface area contributed by atoms with Crippen molar-refractivity contribution in [2.75, 3.05) is 0 Å². The van der Waals surface area contributed by atoms with Gasteiger partial charge in [0.05, 0.1) is 0 Å². The highest BCUT2D eigenvalue weighted by molar-refractivity contribution is 5.40. The van der Waals surface area contributed by atoms with E-state index < -0.39 is 0 Å². The van der Waals surface area contributed by atoms with E-state index in [1.165, 1.54) is 74.5 Å². The van der Waals surface area contributed by atoms with Gasteiger partial charge in [-0.25, -0.2) is 0 Å². The maximum atomic E-state index is 10.6. The van der Waals surface area contributed by atoms with Gasteiger partial charge >= 0.3 is 0 Å². The smallest absolute Gasteiger partial charge is 0.293 e. The van der Waals surface area contributed by atoms with E-state index in [2.05, 4.69) is 32.9 Å². The van der Waals surface area contributed by atoms with Gasteiger partial charge in [-0.05, 0) is 112 Å². The molecule has 0 aromatic heterocycles. The highest BCUT2D eigenvalue weighted by Gasteiger charge is 2.44. The molecule has 0 saturated heterocycles. The minimum absolute atomic E-state index is 0.0903. The van der Waals surface area contributed by atoms with Gasteiger partial charge in [0, 0.05) is 0 Å². The largest absolute Gasteiger partial charge is 0.461 e. The summed E-state index contributed by atoms with van der Waals surface area (Å²) in [5.41, 5.74) is 6.68. The number of aryl methyl sites for hydroxylation is 2. The predicted octanol–water partition coefficient (Wildman–Crippen LogP) is 7.01. The topological polar surface area (TPSA) is 26.3 Å². The lowest BCUT2D eigenvalue weighted by atomic mass is 9.92. The molecule has 2 saturated carbocycles. The van der Waals surface area contributed by atoms with Crippen molar-refractivity contribution in [1.82, 2.24) is 0 Å². The summed E-state index contributed by atoms with van der Waals surface area (Å²) in [4.78, 5) is 10.6. The lowest BCUT2D eigenvalue weighted by molar-refractivity contribution is -0.135. The molecule has 2 heteroatoms. The normalized spacial score (nSPS) is 18.7. The molecule has 0 atom stereocenters. The molecule has 2 fully saturated rings. The van der Waals surface area contributed by atoms with Crippen molar-refractivity contribution >= 4 is 6.47 Å². The summed E-state index contributed by atoms with van der Waals surface area (Å²) in [5, 5.41) is 0. The van der Waals surface area contributed by atoms with Crippen LogP contribution in [-0.2, 0) is 22.4 Å². The van der Waals surface area contributed by atoms with Crippen LogP contribution in [0.2, 0.25) is 0 Å². The van der Waals surface area contributed by atoms with Crippen molar-refractivity contribution in [3.05, 3.63) is 34.4 Å². The van der Waals surface area contributed by atoms with Crippen LogP contribution in [0.25, 0.3) is 0 Å². The predicted molar refractivity (Wildman–Crippen MR) is 117 cm³/mol. The molecular weight excluding hydrogens is 344 g/mol. The molecule has 0 N–H and O–H groups in total.